The Morgan fingerprint density at radius 2 is 1.64 bits per heavy atom. The summed E-state index contributed by atoms with van der Waals surface area (Å²) in [6.45, 7) is -0.555. The van der Waals surface area contributed by atoms with Crippen molar-refractivity contribution in [2.24, 2.45) is 11.0 Å². The van der Waals surface area contributed by atoms with Crippen LogP contribution in [0.3, 0.4) is 0 Å². The van der Waals surface area contributed by atoms with Gasteiger partial charge < -0.3 is 14.2 Å². The number of nitrogens with zero attached hydrogens (tertiary/aromatic N) is 2. The van der Waals surface area contributed by atoms with E-state index in [1.165, 1.54) is 29.3 Å². The second-order valence-corrected chi connectivity index (χ2v) is 9.44. The molecule has 1 amide bonds. The molecule has 200 valence electrons. The molecule has 39 heavy (non-hydrogen) atoms. The van der Waals surface area contributed by atoms with E-state index in [1.54, 1.807) is 14.2 Å². The maximum absolute atomic E-state index is 14.0. The number of carbonyl (C=O) groups excluding carboxylic acids is 2. The molecule has 0 spiro atoms. The van der Waals surface area contributed by atoms with Crippen LogP contribution >= 0.6 is 0 Å². The van der Waals surface area contributed by atoms with Gasteiger partial charge in [-0.2, -0.15) is 5.10 Å². The van der Waals surface area contributed by atoms with Gasteiger partial charge in [0, 0.05) is 5.92 Å². The first-order chi connectivity index (χ1) is 19.0. The number of hydrazone groups is 1. The molecule has 1 fully saturated rings. The number of benzene rings is 3. The first-order valence-electron chi connectivity index (χ1n) is 12.8. The molecule has 0 saturated heterocycles. The van der Waals surface area contributed by atoms with Gasteiger partial charge in [0.1, 0.15) is 17.3 Å². The zero-order chi connectivity index (χ0) is 27.4. The summed E-state index contributed by atoms with van der Waals surface area (Å²) in [6, 6.07) is 20.5. The highest BCUT2D eigenvalue weighted by molar-refractivity contribution is 6.08. The number of fused-ring (bicyclic) bond motifs is 1. The van der Waals surface area contributed by atoms with Gasteiger partial charge in [0.15, 0.2) is 6.61 Å². The maximum Gasteiger partial charge on any atom is 0.341 e. The number of ether oxygens (including phenoxy) is 3. The van der Waals surface area contributed by atoms with E-state index in [0.717, 1.165) is 47.4 Å². The van der Waals surface area contributed by atoms with Gasteiger partial charge >= 0.3 is 5.97 Å². The summed E-state index contributed by atoms with van der Waals surface area (Å²) in [7, 11) is 3.23. The number of rotatable bonds is 7. The van der Waals surface area contributed by atoms with Crippen molar-refractivity contribution in [1.29, 1.82) is 0 Å². The molecule has 0 N–H and O–H groups in total. The lowest BCUT2D eigenvalue weighted by Crippen LogP contribution is -2.34. The molecule has 0 aromatic heterocycles. The molecule has 1 aliphatic carbocycles. The molecular formula is C31H29FN2O5. The molecule has 1 aliphatic heterocycles. The summed E-state index contributed by atoms with van der Waals surface area (Å²) in [5.41, 5.74) is 3.61. The molecule has 2 aliphatic rings. The predicted molar refractivity (Wildman–Crippen MR) is 145 cm³/mol. The molecule has 1 heterocycles. The molecule has 3 aromatic rings. The highest BCUT2D eigenvalue weighted by Crippen LogP contribution is 2.44. The normalized spacial score (nSPS) is 19.3. The molecular weight excluding hydrogens is 499 g/mol. The Hall–Kier alpha value is -4.46. The van der Waals surface area contributed by atoms with Crippen molar-refractivity contribution in [1.82, 2.24) is 5.01 Å². The fourth-order valence-electron chi connectivity index (χ4n) is 5.14. The molecule has 0 bridgehead atoms. The standard InChI is InChI=1S/C31H29FN2O5/c1-37-23-14-10-20(11-15-23)18-22-6-5-8-26-29(22)33-34(30(26)21-12-16-24(38-2)17-13-21)28(35)19-39-31(36)25-7-3-4-9-27(25)32/h3-4,7,9-18,26,30H,5-6,8,19H2,1-2H3. The fraction of sp³-hybridized carbons (Fsp3) is 0.258. The quantitative estimate of drug-likeness (QED) is 0.361. The third kappa shape index (κ3) is 5.55. The number of amides is 1. The van der Waals surface area contributed by atoms with E-state index in [0.29, 0.717) is 5.75 Å². The molecule has 3 aromatic carbocycles. The largest absolute Gasteiger partial charge is 0.497 e. The molecule has 8 heteroatoms. The second-order valence-electron chi connectivity index (χ2n) is 9.44. The number of halogens is 1. The molecule has 2 unspecified atom stereocenters. The highest BCUT2D eigenvalue weighted by Gasteiger charge is 2.44. The third-order valence-electron chi connectivity index (χ3n) is 7.09. The Labute approximate surface area is 226 Å². The van der Waals surface area contributed by atoms with E-state index in [9.17, 15) is 14.0 Å². The number of allylic oxidation sites excluding steroid dienone is 1. The topological polar surface area (TPSA) is 77.4 Å². The Kier molecular flexibility index (Phi) is 7.72. The van der Waals surface area contributed by atoms with Crippen molar-refractivity contribution >= 4 is 23.7 Å². The van der Waals surface area contributed by atoms with Crippen molar-refractivity contribution in [2.75, 3.05) is 20.8 Å². The van der Waals surface area contributed by atoms with Crippen molar-refractivity contribution in [3.8, 4) is 11.5 Å². The van der Waals surface area contributed by atoms with Gasteiger partial charge in [0.2, 0.25) is 0 Å². The van der Waals surface area contributed by atoms with Gasteiger partial charge in [-0.1, -0.05) is 36.4 Å². The molecule has 1 saturated carbocycles. The van der Waals surface area contributed by atoms with E-state index in [-0.39, 0.29) is 17.5 Å². The van der Waals surface area contributed by atoms with Crippen LogP contribution in [0.5, 0.6) is 11.5 Å². The van der Waals surface area contributed by atoms with Crippen LogP contribution in [0.15, 0.2) is 83.5 Å². The van der Waals surface area contributed by atoms with Crippen LogP contribution in [0.2, 0.25) is 0 Å². The summed E-state index contributed by atoms with van der Waals surface area (Å²) in [6.07, 6.45) is 4.74. The second kappa shape index (κ2) is 11.5. The van der Waals surface area contributed by atoms with Crippen molar-refractivity contribution < 1.29 is 28.2 Å². The minimum Gasteiger partial charge on any atom is -0.497 e. The molecule has 5 rings (SSSR count). The highest BCUT2D eigenvalue weighted by atomic mass is 19.1. The van der Waals surface area contributed by atoms with Gasteiger partial charge in [-0.05, 0) is 78.4 Å². The van der Waals surface area contributed by atoms with E-state index < -0.39 is 24.3 Å². The fourth-order valence-corrected chi connectivity index (χ4v) is 5.14. The summed E-state index contributed by atoms with van der Waals surface area (Å²) < 4.78 is 29.8. The van der Waals surface area contributed by atoms with Crippen molar-refractivity contribution in [3.63, 3.8) is 0 Å². The molecule has 7 nitrogen and oxygen atoms in total. The summed E-state index contributed by atoms with van der Waals surface area (Å²) in [5, 5.41) is 6.22. The molecule has 2 atom stereocenters. The average molecular weight is 529 g/mol. The lowest BCUT2D eigenvalue weighted by molar-refractivity contribution is -0.137. The predicted octanol–water partition coefficient (Wildman–Crippen LogP) is 5.82. The van der Waals surface area contributed by atoms with Gasteiger partial charge in [-0.15, -0.1) is 0 Å². The van der Waals surface area contributed by atoms with Crippen molar-refractivity contribution in [2.45, 2.75) is 25.3 Å². The van der Waals surface area contributed by atoms with Crippen LogP contribution in [-0.2, 0) is 9.53 Å². The lowest BCUT2D eigenvalue weighted by Gasteiger charge is -2.29. The number of esters is 1. The van der Waals surface area contributed by atoms with E-state index >= 15 is 0 Å². The van der Waals surface area contributed by atoms with Crippen LogP contribution in [0.1, 0.15) is 46.8 Å². The minimum absolute atomic E-state index is 0.0251. The van der Waals surface area contributed by atoms with E-state index in [4.69, 9.17) is 19.3 Å². The number of methoxy groups -OCH3 is 2. The summed E-state index contributed by atoms with van der Waals surface area (Å²) >= 11 is 0. The maximum atomic E-state index is 14.0. The lowest BCUT2D eigenvalue weighted by atomic mass is 9.77. The van der Waals surface area contributed by atoms with Gasteiger partial charge in [0.05, 0.1) is 31.5 Å². The Morgan fingerprint density at radius 3 is 2.31 bits per heavy atom. The van der Waals surface area contributed by atoms with Crippen molar-refractivity contribution in [3.05, 3.63) is 101 Å². The van der Waals surface area contributed by atoms with Crippen LogP contribution in [0, 0.1) is 11.7 Å². The van der Waals surface area contributed by atoms with Gasteiger partial charge in [0.25, 0.3) is 5.91 Å². The van der Waals surface area contributed by atoms with Gasteiger partial charge in [-0.3, -0.25) is 4.79 Å². The number of hydrogen-bond acceptors (Lipinski definition) is 6. The monoisotopic (exact) mass is 528 g/mol. The Bertz CT molecular complexity index is 1420. The Balaban J connectivity index is 1.44. The van der Waals surface area contributed by atoms with Crippen LogP contribution in [-0.4, -0.2) is 43.4 Å². The first kappa shape index (κ1) is 26.2. The summed E-state index contributed by atoms with van der Waals surface area (Å²) in [5.74, 6) is -0.621. The summed E-state index contributed by atoms with van der Waals surface area (Å²) in [4.78, 5) is 25.9. The van der Waals surface area contributed by atoms with E-state index in [1.807, 2.05) is 48.5 Å². The zero-order valence-corrected chi connectivity index (χ0v) is 21.8. The smallest absolute Gasteiger partial charge is 0.341 e. The third-order valence-corrected chi connectivity index (χ3v) is 7.09. The minimum atomic E-state index is -0.896. The van der Waals surface area contributed by atoms with Crippen LogP contribution < -0.4 is 9.47 Å². The zero-order valence-electron chi connectivity index (χ0n) is 21.8. The average Bonchev–Trinajstić information content (AvgIpc) is 3.37. The number of hydrogen-bond donors (Lipinski definition) is 0. The van der Waals surface area contributed by atoms with Gasteiger partial charge in [-0.25, -0.2) is 14.2 Å². The number of carbonyl (C=O) groups is 2. The SMILES string of the molecule is COc1ccc(C=C2CCCC3C2=NN(C(=O)COC(=O)c2ccccc2F)C3c2ccc(OC)cc2)cc1. The van der Waals surface area contributed by atoms with E-state index in [2.05, 4.69) is 6.08 Å². The Morgan fingerprint density at radius 1 is 0.974 bits per heavy atom. The van der Waals surface area contributed by atoms with Crippen LogP contribution in [0.4, 0.5) is 4.39 Å². The molecule has 0 radical (unpaired) electrons. The first-order valence-corrected chi connectivity index (χ1v) is 12.8. The van der Waals surface area contributed by atoms with Crippen LogP contribution in [0.25, 0.3) is 6.08 Å².